The zero-order chi connectivity index (χ0) is 14.2. The average Bonchev–Trinajstić information content (AvgIpc) is 2.50. The van der Waals surface area contributed by atoms with Crippen LogP contribution in [0.2, 0.25) is 0 Å². The molecule has 2 heteroatoms. The maximum absolute atomic E-state index is 10.5. The van der Waals surface area contributed by atoms with E-state index in [2.05, 4.69) is 6.58 Å². The number of aliphatic hydroxyl groups excluding tert-OH is 1. The van der Waals surface area contributed by atoms with Gasteiger partial charge in [0.25, 0.3) is 0 Å². The lowest BCUT2D eigenvalue weighted by Gasteiger charge is -2.23. The molecule has 2 aromatic carbocycles. The summed E-state index contributed by atoms with van der Waals surface area (Å²) in [6.45, 7) is 4.36. The van der Waals surface area contributed by atoms with E-state index in [-0.39, 0.29) is 5.92 Å². The van der Waals surface area contributed by atoms with Crippen molar-refractivity contribution in [2.24, 2.45) is 0 Å². The molecule has 0 bridgehead atoms. The van der Waals surface area contributed by atoms with Gasteiger partial charge in [-0.25, -0.2) is 0 Å². The van der Waals surface area contributed by atoms with Gasteiger partial charge in [0.05, 0.1) is 19.3 Å². The molecule has 0 aromatic heterocycles. The Labute approximate surface area is 120 Å². The van der Waals surface area contributed by atoms with Gasteiger partial charge in [-0.1, -0.05) is 66.7 Å². The van der Waals surface area contributed by atoms with Crippen LogP contribution in [0.5, 0.6) is 0 Å². The van der Waals surface area contributed by atoms with Crippen LogP contribution in [0.1, 0.15) is 17.0 Å². The average molecular weight is 268 g/mol. The summed E-state index contributed by atoms with van der Waals surface area (Å²) in [4.78, 5) is 0. The molecule has 0 saturated carbocycles. The predicted octanol–water partition coefficient (Wildman–Crippen LogP) is 3.38. The molecule has 0 unspecified atom stereocenters. The molecule has 0 amide bonds. The van der Waals surface area contributed by atoms with E-state index in [9.17, 15) is 5.11 Å². The molecule has 20 heavy (non-hydrogen) atoms. The minimum atomic E-state index is -0.584. The molecule has 0 spiro atoms. The summed E-state index contributed by atoms with van der Waals surface area (Å²) in [6.07, 6.45) is 1.10. The zero-order valence-corrected chi connectivity index (χ0v) is 11.5. The highest BCUT2D eigenvalue weighted by Gasteiger charge is 2.22. The maximum Gasteiger partial charge on any atom is 0.0882 e. The Morgan fingerprint density at radius 1 is 0.950 bits per heavy atom. The molecule has 2 aromatic rings. The quantitative estimate of drug-likeness (QED) is 0.616. The molecule has 0 aliphatic rings. The molecule has 0 heterocycles. The Bertz CT molecular complexity index is 468. The first-order valence-electron chi connectivity index (χ1n) is 6.79. The van der Waals surface area contributed by atoms with Gasteiger partial charge in [-0.2, -0.15) is 0 Å². The molecule has 1 N–H and O–H groups in total. The van der Waals surface area contributed by atoms with Crippen LogP contribution < -0.4 is 0 Å². The summed E-state index contributed by atoms with van der Waals surface area (Å²) < 4.78 is 5.40. The van der Waals surface area contributed by atoms with Crippen LogP contribution in [0.25, 0.3) is 0 Å². The monoisotopic (exact) mass is 268 g/mol. The highest BCUT2D eigenvalue weighted by molar-refractivity contribution is 5.33. The Hall–Kier alpha value is -1.90. The van der Waals surface area contributed by atoms with Gasteiger partial charge in [-0.3, -0.25) is 0 Å². The largest absolute Gasteiger partial charge is 0.390 e. The molecule has 0 fully saturated rings. The van der Waals surface area contributed by atoms with E-state index in [1.54, 1.807) is 6.08 Å². The van der Waals surface area contributed by atoms with Crippen LogP contribution in [0.15, 0.2) is 73.3 Å². The summed E-state index contributed by atoms with van der Waals surface area (Å²) in [7, 11) is 0. The van der Waals surface area contributed by atoms with Crippen molar-refractivity contribution < 1.29 is 9.84 Å². The van der Waals surface area contributed by atoms with Crippen molar-refractivity contribution in [1.29, 1.82) is 0 Å². The molecule has 0 aliphatic heterocycles. The van der Waals surface area contributed by atoms with Crippen LogP contribution in [-0.4, -0.2) is 24.4 Å². The number of ether oxygens (including phenoxy) is 1. The first kappa shape index (κ1) is 14.5. The molecule has 1 atom stereocenters. The lowest BCUT2D eigenvalue weighted by atomic mass is 9.87. The Kier molecular flexibility index (Phi) is 5.54. The van der Waals surface area contributed by atoms with E-state index in [1.807, 2.05) is 60.7 Å². The molecule has 0 radical (unpaired) electrons. The summed E-state index contributed by atoms with van der Waals surface area (Å²) in [6, 6.07) is 20.1. The van der Waals surface area contributed by atoms with Crippen molar-refractivity contribution in [3.05, 3.63) is 84.4 Å². The molecule has 104 valence electrons. The lowest BCUT2D eigenvalue weighted by Crippen LogP contribution is -2.25. The fourth-order valence-corrected chi connectivity index (χ4v) is 2.33. The highest BCUT2D eigenvalue weighted by atomic mass is 16.5. The van der Waals surface area contributed by atoms with Gasteiger partial charge >= 0.3 is 0 Å². The molecular formula is C18H20O2. The van der Waals surface area contributed by atoms with Crippen molar-refractivity contribution in [3.63, 3.8) is 0 Å². The van der Waals surface area contributed by atoms with Crippen molar-refractivity contribution in [2.75, 3.05) is 13.2 Å². The number of hydrogen-bond donors (Lipinski definition) is 1. The van der Waals surface area contributed by atoms with Gasteiger partial charge in [0.15, 0.2) is 0 Å². The van der Waals surface area contributed by atoms with Gasteiger partial charge in [-0.15, -0.1) is 6.58 Å². The first-order chi connectivity index (χ1) is 9.83. The number of aliphatic hydroxyl groups is 1. The van der Waals surface area contributed by atoms with Gasteiger partial charge < -0.3 is 9.84 Å². The van der Waals surface area contributed by atoms with E-state index < -0.39 is 6.10 Å². The second-order valence-electron chi connectivity index (χ2n) is 4.69. The van der Waals surface area contributed by atoms with Crippen LogP contribution in [0.3, 0.4) is 0 Å². The van der Waals surface area contributed by atoms with Crippen LogP contribution >= 0.6 is 0 Å². The summed E-state index contributed by atoms with van der Waals surface area (Å²) >= 11 is 0. The van der Waals surface area contributed by atoms with Gasteiger partial charge in [0.2, 0.25) is 0 Å². The van der Waals surface area contributed by atoms with Crippen molar-refractivity contribution in [3.8, 4) is 0 Å². The lowest BCUT2D eigenvalue weighted by molar-refractivity contribution is 0.0402. The Morgan fingerprint density at radius 2 is 1.45 bits per heavy atom. The third kappa shape index (κ3) is 3.80. The fourth-order valence-electron chi connectivity index (χ4n) is 2.33. The van der Waals surface area contributed by atoms with E-state index in [4.69, 9.17) is 4.74 Å². The normalized spacial score (nSPS) is 12.3. The summed E-state index contributed by atoms with van der Waals surface area (Å²) in [5.41, 5.74) is 2.18. The minimum Gasteiger partial charge on any atom is -0.390 e. The third-order valence-corrected chi connectivity index (χ3v) is 3.23. The predicted molar refractivity (Wildman–Crippen MR) is 81.7 cm³/mol. The summed E-state index contributed by atoms with van der Waals surface area (Å²) in [5.74, 6) is -0.0813. The highest BCUT2D eigenvalue weighted by Crippen LogP contribution is 2.28. The Balaban J connectivity index is 2.23. The van der Waals surface area contributed by atoms with Gasteiger partial charge in [0, 0.05) is 5.92 Å². The molecule has 0 aliphatic carbocycles. The molecule has 2 nitrogen and oxygen atoms in total. The van der Waals surface area contributed by atoms with Crippen LogP contribution in [-0.2, 0) is 4.74 Å². The van der Waals surface area contributed by atoms with E-state index in [1.165, 1.54) is 0 Å². The fraction of sp³-hybridized carbons (Fsp3) is 0.222. The van der Waals surface area contributed by atoms with Crippen LogP contribution in [0, 0.1) is 0 Å². The topological polar surface area (TPSA) is 29.5 Å². The first-order valence-corrected chi connectivity index (χ1v) is 6.79. The van der Waals surface area contributed by atoms with Crippen LogP contribution in [0.4, 0.5) is 0 Å². The Morgan fingerprint density at radius 3 is 1.90 bits per heavy atom. The second kappa shape index (κ2) is 7.63. The number of benzene rings is 2. The van der Waals surface area contributed by atoms with E-state index in [0.717, 1.165) is 11.1 Å². The maximum atomic E-state index is 10.5. The molecule has 0 saturated heterocycles. The number of rotatable bonds is 7. The SMILES string of the molecule is C=CCOC[C@@H](O)C(c1ccccc1)c1ccccc1. The van der Waals surface area contributed by atoms with E-state index >= 15 is 0 Å². The molecule has 2 rings (SSSR count). The van der Waals surface area contributed by atoms with Crippen molar-refractivity contribution in [1.82, 2.24) is 0 Å². The van der Waals surface area contributed by atoms with Crippen molar-refractivity contribution >= 4 is 0 Å². The third-order valence-electron chi connectivity index (χ3n) is 3.23. The summed E-state index contributed by atoms with van der Waals surface area (Å²) in [5, 5.41) is 10.5. The second-order valence-corrected chi connectivity index (χ2v) is 4.69. The van der Waals surface area contributed by atoms with Gasteiger partial charge in [0.1, 0.15) is 0 Å². The van der Waals surface area contributed by atoms with E-state index in [0.29, 0.717) is 13.2 Å². The molecular weight excluding hydrogens is 248 g/mol. The number of hydrogen-bond acceptors (Lipinski definition) is 2. The zero-order valence-electron chi connectivity index (χ0n) is 11.5. The minimum absolute atomic E-state index is 0.0813. The standard InChI is InChI=1S/C18H20O2/c1-2-13-20-14-17(19)18(15-9-5-3-6-10-15)16-11-7-4-8-12-16/h2-12,17-19H,1,13-14H2/t17-/m1/s1. The smallest absolute Gasteiger partial charge is 0.0882 e. The van der Waals surface area contributed by atoms with Crippen molar-refractivity contribution in [2.45, 2.75) is 12.0 Å². The van der Waals surface area contributed by atoms with Gasteiger partial charge in [-0.05, 0) is 11.1 Å².